The topological polar surface area (TPSA) is 60.0 Å². The molecule has 0 radical (unpaired) electrons. The van der Waals surface area contributed by atoms with Gasteiger partial charge in [-0.3, -0.25) is 4.79 Å². The number of benzene rings is 1. The van der Waals surface area contributed by atoms with Gasteiger partial charge in [-0.1, -0.05) is 36.7 Å². The van der Waals surface area contributed by atoms with Gasteiger partial charge in [-0.05, 0) is 49.9 Å². The van der Waals surface area contributed by atoms with Gasteiger partial charge in [0.1, 0.15) is 0 Å². The van der Waals surface area contributed by atoms with Crippen LogP contribution in [0.3, 0.4) is 0 Å². The van der Waals surface area contributed by atoms with E-state index in [9.17, 15) is 4.79 Å². The summed E-state index contributed by atoms with van der Waals surface area (Å²) in [5.74, 6) is 1.11. The van der Waals surface area contributed by atoms with Crippen molar-refractivity contribution in [2.45, 2.75) is 76.7 Å². The zero-order valence-corrected chi connectivity index (χ0v) is 22.9. The molecule has 2 aliphatic heterocycles. The van der Waals surface area contributed by atoms with Crippen molar-refractivity contribution in [3.63, 3.8) is 0 Å². The molecule has 180 valence electrons. The van der Waals surface area contributed by atoms with Crippen LogP contribution >= 0.6 is 15.9 Å². The minimum Gasteiger partial charge on any atom is -0.493 e. The fourth-order valence-electron chi connectivity index (χ4n) is 3.87. The number of rotatable bonds is 9. The molecule has 2 heterocycles. The Labute approximate surface area is 204 Å². The van der Waals surface area contributed by atoms with Gasteiger partial charge < -0.3 is 24.1 Å². The molecule has 3 rings (SSSR count). The van der Waals surface area contributed by atoms with Crippen LogP contribution in [-0.2, 0) is 4.43 Å². The summed E-state index contributed by atoms with van der Waals surface area (Å²) in [6.45, 7) is 12.6. The average molecular weight is 529 g/mol. The van der Waals surface area contributed by atoms with Gasteiger partial charge in [-0.25, -0.2) is 0 Å². The van der Waals surface area contributed by atoms with E-state index in [-0.39, 0.29) is 23.1 Å². The Bertz CT molecular complexity index is 848. The van der Waals surface area contributed by atoms with Crippen LogP contribution in [0.15, 0.2) is 12.1 Å². The predicted octanol–water partition coefficient (Wildman–Crippen LogP) is 5.67. The molecule has 1 fully saturated rings. The SMILES string of the molecule is [2H]C1[C@@H](O[Si](C)(C)C(C)(C)C)CN2C(=O)c3cc(OC)c(OCCCCCBr)cc3NC[C@H]12. The molecule has 2 aliphatic rings. The van der Waals surface area contributed by atoms with Gasteiger partial charge in [-0.2, -0.15) is 0 Å². The molecule has 0 saturated carbocycles. The zero-order valence-electron chi connectivity index (χ0n) is 21.3. The molecular formula is C24H39BrN2O4Si. The highest BCUT2D eigenvalue weighted by Crippen LogP contribution is 2.41. The van der Waals surface area contributed by atoms with Crippen LogP contribution in [0.1, 0.15) is 58.2 Å². The Balaban J connectivity index is 1.78. The lowest BCUT2D eigenvalue weighted by Crippen LogP contribution is -2.44. The Morgan fingerprint density at radius 2 is 2.00 bits per heavy atom. The quantitative estimate of drug-likeness (QED) is 0.254. The molecule has 1 amide bonds. The Kier molecular flexibility index (Phi) is 7.72. The van der Waals surface area contributed by atoms with E-state index in [2.05, 4.69) is 55.1 Å². The van der Waals surface area contributed by atoms with E-state index < -0.39 is 14.7 Å². The lowest BCUT2D eigenvalue weighted by Gasteiger charge is -2.38. The van der Waals surface area contributed by atoms with Crippen LogP contribution in [0.25, 0.3) is 0 Å². The van der Waals surface area contributed by atoms with Crippen LogP contribution in [-0.4, -0.2) is 63.4 Å². The number of ether oxygens (including phenoxy) is 2. The van der Waals surface area contributed by atoms with Gasteiger partial charge in [-0.15, -0.1) is 0 Å². The highest BCUT2D eigenvalue weighted by atomic mass is 79.9. The van der Waals surface area contributed by atoms with Crippen LogP contribution in [0, 0.1) is 0 Å². The van der Waals surface area contributed by atoms with Gasteiger partial charge in [0.05, 0.1) is 37.1 Å². The maximum Gasteiger partial charge on any atom is 0.256 e. The van der Waals surface area contributed by atoms with E-state index in [4.69, 9.17) is 15.3 Å². The molecule has 0 aliphatic carbocycles. The number of fused-ring (bicyclic) bond motifs is 2. The summed E-state index contributed by atoms with van der Waals surface area (Å²) in [6, 6.07) is 3.39. The zero-order chi connectivity index (χ0) is 24.4. The molecule has 1 N–H and O–H groups in total. The molecule has 0 bridgehead atoms. The first kappa shape index (κ1) is 23.9. The lowest BCUT2D eigenvalue weighted by atomic mass is 10.1. The van der Waals surface area contributed by atoms with E-state index in [0.29, 0.717) is 36.8 Å². The number of carbonyl (C=O) groups excluding carboxylic acids is 1. The second-order valence-corrected chi connectivity index (χ2v) is 15.7. The summed E-state index contributed by atoms with van der Waals surface area (Å²) in [6.07, 6.45) is 2.41. The number of methoxy groups -OCH3 is 1. The maximum absolute atomic E-state index is 13.5. The maximum atomic E-state index is 13.5. The van der Waals surface area contributed by atoms with Gasteiger partial charge in [0.15, 0.2) is 19.8 Å². The second kappa shape index (κ2) is 10.3. The van der Waals surface area contributed by atoms with E-state index in [1.165, 1.54) is 0 Å². The number of unbranched alkanes of at least 4 members (excludes halogenated alkanes) is 2. The number of nitrogens with one attached hydrogen (secondary N) is 1. The smallest absolute Gasteiger partial charge is 0.256 e. The largest absolute Gasteiger partial charge is 0.493 e. The Morgan fingerprint density at radius 1 is 1.25 bits per heavy atom. The third kappa shape index (κ3) is 5.62. The average Bonchev–Trinajstić information content (AvgIpc) is 2.97. The summed E-state index contributed by atoms with van der Waals surface area (Å²) in [7, 11) is -0.451. The van der Waals surface area contributed by atoms with Crippen LogP contribution in [0.2, 0.25) is 18.1 Å². The summed E-state index contributed by atoms with van der Waals surface area (Å²) in [4.78, 5) is 15.4. The van der Waals surface area contributed by atoms with Gasteiger partial charge in [0.2, 0.25) is 0 Å². The molecule has 6 nitrogen and oxygen atoms in total. The van der Waals surface area contributed by atoms with Crippen molar-refractivity contribution in [1.29, 1.82) is 0 Å². The van der Waals surface area contributed by atoms with E-state index in [1.807, 2.05) is 11.0 Å². The van der Waals surface area contributed by atoms with Crippen molar-refractivity contribution in [2.75, 3.05) is 37.5 Å². The fourth-order valence-corrected chi connectivity index (χ4v) is 5.53. The predicted molar refractivity (Wildman–Crippen MR) is 136 cm³/mol. The van der Waals surface area contributed by atoms with Crippen LogP contribution in [0.4, 0.5) is 5.69 Å². The third-order valence-corrected chi connectivity index (χ3v) is 11.9. The first-order valence-corrected chi connectivity index (χ1v) is 15.6. The summed E-state index contributed by atoms with van der Waals surface area (Å²) in [5.41, 5.74) is 1.29. The number of alkyl halides is 1. The molecule has 1 saturated heterocycles. The molecule has 1 unspecified atom stereocenters. The third-order valence-electron chi connectivity index (χ3n) is 6.80. The molecule has 0 aromatic heterocycles. The van der Waals surface area contributed by atoms with Crippen molar-refractivity contribution < 1.29 is 20.1 Å². The molecular weight excluding hydrogens is 488 g/mol. The minimum absolute atomic E-state index is 0.0551. The van der Waals surface area contributed by atoms with Gasteiger partial charge in [0.25, 0.3) is 5.91 Å². The summed E-state index contributed by atoms with van der Waals surface area (Å²) >= 11 is 3.45. The van der Waals surface area contributed by atoms with Crippen molar-refractivity contribution in [1.82, 2.24) is 4.90 Å². The van der Waals surface area contributed by atoms with E-state index in [0.717, 1.165) is 30.3 Å². The molecule has 32 heavy (non-hydrogen) atoms. The molecule has 1 aromatic rings. The standard InChI is InChI=1S/C24H39BrN2O4Si/c1-24(2,3)32(5,6)31-18-12-17-15-26-20-14-22(30-11-9-7-8-10-25)21(29-4)13-19(20)23(28)27(17)16-18/h13-14,17-18,26H,7-12,15-16H2,1-6H3/t17-,18+/m0/s1/i12D/t12?,17-,18+. The number of nitrogens with zero attached hydrogens (tertiary/aromatic N) is 1. The lowest BCUT2D eigenvalue weighted by molar-refractivity contribution is 0.0731. The number of carbonyl (C=O) groups is 1. The van der Waals surface area contributed by atoms with Gasteiger partial charge in [0, 0.05) is 25.9 Å². The van der Waals surface area contributed by atoms with E-state index in [1.54, 1.807) is 13.2 Å². The second-order valence-electron chi connectivity index (χ2n) is 10.2. The molecule has 8 heteroatoms. The van der Waals surface area contributed by atoms with Crippen molar-refractivity contribution >= 4 is 35.8 Å². The first-order valence-electron chi connectivity index (χ1n) is 12.1. The molecule has 1 aromatic carbocycles. The monoisotopic (exact) mass is 527 g/mol. The number of anilines is 1. The van der Waals surface area contributed by atoms with E-state index >= 15 is 0 Å². The van der Waals surface area contributed by atoms with Crippen molar-refractivity contribution in [3.8, 4) is 11.5 Å². The summed E-state index contributed by atoms with van der Waals surface area (Å²) in [5, 5.41) is 4.46. The Hall–Kier alpha value is -1.25. The number of amides is 1. The highest BCUT2D eigenvalue weighted by Gasteiger charge is 2.44. The minimum atomic E-state index is -2.04. The van der Waals surface area contributed by atoms with Crippen LogP contribution < -0.4 is 14.8 Å². The molecule has 0 spiro atoms. The van der Waals surface area contributed by atoms with Crippen molar-refractivity contribution in [2.24, 2.45) is 0 Å². The highest BCUT2D eigenvalue weighted by molar-refractivity contribution is 9.09. The van der Waals surface area contributed by atoms with Gasteiger partial charge >= 0.3 is 0 Å². The molecule has 3 atom stereocenters. The summed E-state index contributed by atoms with van der Waals surface area (Å²) < 4.78 is 27.0. The number of hydrogen-bond acceptors (Lipinski definition) is 5. The first-order chi connectivity index (χ1) is 15.5. The normalized spacial score (nSPS) is 23.7. The number of hydrogen-bond donors (Lipinski definition) is 1. The van der Waals surface area contributed by atoms with Crippen molar-refractivity contribution in [3.05, 3.63) is 17.7 Å². The van der Waals surface area contributed by atoms with Crippen LogP contribution in [0.5, 0.6) is 11.5 Å². The fraction of sp³-hybridized carbons (Fsp3) is 0.708. The Morgan fingerprint density at radius 3 is 2.66 bits per heavy atom. The number of halogens is 1.